The smallest absolute Gasteiger partial charge is 0.356 e. The second-order valence-electron chi connectivity index (χ2n) is 4.42. The lowest BCUT2D eigenvalue weighted by Gasteiger charge is -2.07. The summed E-state index contributed by atoms with van der Waals surface area (Å²) < 4.78 is 28.8. The highest BCUT2D eigenvalue weighted by molar-refractivity contribution is 7.92. The van der Waals surface area contributed by atoms with E-state index in [0.717, 1.165) is 15.6 Å². The van der Waals surface area contributed by atoms with Gasteiger partial charge < -0.3 is 5.11 Å². The second-order valence-corrected chi connectivity index (χ2v) is 7.05. The molecule has 0 atom stereocenters. The minimum atomic E-state index is -3.95. The summed E-state index contributed by atoms with van der Waals surface area (Å²) in [6, 6.07) is 3.28. The molecule has 3 aromatic rings. The molecule has 8 nitrogen and oxygen atoms in total. The first-order valence-electron chi connectivity index (χ1n) is 6.00. The first-order valence-corrected chi connectivity index (χ1v) is 8.36. The fourth-order valence-electron chi connectivity index (χ4n) is 1.95. The average Bonchev–Trinajstić information content (AvgIpc) is 3.04. The van der Waals surface area contributed by atoms with Crippen molar-refractivity contribution in [1.82, 2.24) is 14.8 Å². The van der Waals surface area contributed by atoms with Gasteiger partial charge in [-0.05, 0) is 17.5 Å². The SMILES string of the molecule is Cn1ncc(NS(=O)(=O)c2cnc3ccsc3c2)c1C(=O)O. The van der Waals surface area contributed by atoms with E-state index in [1.54, 1.807) is 6.07 Å². The quantitative estimate of drug-likeness (QED) is 0.745. The van der Waals surface area contributed by atoms with Crippen molar-refractivity contribution in [3.8, 4) is 0 Å². The number of rotatable bonds is 4. The van der Waals surface area contributed by atoms with Crippen LogP contribution in [-0.2, 0) is 17.1 Å². The van der Waals surface area contributed by atoms with Gasteiger partial charge in [-0.15, -0.1) is 11.3 Å². The molecule has 0 aliphatic heterocycles. The van der Waals surface area contributed by atoms with Crippen molar-refractivity contribution < 1.29 is 18.3 Å². The summed E-state index contributed by atoms with van der Waals surface area (Å²) in [6.45, 7) is 0. The molecule has 3 aromatic heterocycles. The Morgan fingerprint density at radius 1 is 1.41 bits per heavy atom. The van der Waals surface area contributed by atoms with Crippen molar-refractivity contribution in [2.24, 2.45) is 7.05 Å². The number of carbonyl (C=O) groups is 1. The third-order valence-corrected chi connectivity index (χ3v) is 5.16. The second kappa shape index (κ2) is 5.07. The number of aromatic nitrogens is 3. The van der Waals surface area contributed by atoms with Crippen LogP contribution in [0.4, 0.5) is 5.69 Å². The monoisotopic (exact) mass is 338 g/mol. The standard InChI is InChI=1S/C12H10N4O4S2/c1-16-11(12(17)18)9(6-14-16)15-22(19,20)7-4-10-8(13-5-7)2-3-21-10/h2-6,15H,1H3,(H,17,18). The van der Waals surface area contributed by atoms with Gasteiger partial charge in [0, 0.05) is 13.2 Å². The molecule has 0 amide bonds. The van der Waals surface area contributed by atoms with Crippen LogP contribution in [0.25, 0.3) is 10.2 Å². The molecule has 3 heterocycles. The van der Waals surface area contributed by atoms with Crippen molar-refractivity contribution >= 4 is 43.2 Å². The van der Waals surface area contributed by atoms with E-state index in [-0.39, 0.29) is 16.3 Å². The molecule has 10 heteroatoms. The molecule has 0 unspecified atom stereocenters. The Bertz CT molecular complexity index is 974. The predicted molar refractivity (Wildman–Crippen MR) is 80.6 cm³/mol. The predicted octanol–water partition coefficient (Wildman–Crippen LogP) is 1.53. The molecule has 22 heavy (non-hydrogen) atoms. The maximum absolute atomic E-state index is 12.4. The van der Waals surface area contributed by atoms with Crippen LogP contribution in [0.15, 0.2) is 34.8 Å². The lowest BCUT2D eigenvalue weighted by molar-refractivity contribution is 0.0686. The summed E-state index contributed by atoms with van der Waals surface area (Å²) in [5, 5.41) is 14.7. The number of anilines is 1. The average molecular weight is 338 g/mol. The van der Waals surface area contributed by atoms with Gasteiger partial charge in [0.1, 0.15) is 10.6 Å². The fraction of sp³-hybridized carbons (Fsp3) is 0.0833. The molecule has 114 valence electrons. The van der Waals surface area contributed by atoms with E-state index < -0.39 is 16.0 Å². The van der Waals surface area contributed by atoms with Gasteiger partial charge in [0.15, 0.2) is 5.69 Å². The van der Waals surface area contributed by atoms with Crippen LogP contribution in [0, 0.1) is 0 Å². The minimum absolute atomic E-state index is 0.0392. The summed E-state index contributed by atoms with van der Waals surface area (Å²) >= 11 is 1.37. The van der Waals surface area contributed by atoms with Crippen LogP contribution in [0.2, 0.25) is 0 Å². The van der Waals surface area contributed by atoms with Gasteiger partial charge in [-0.2, -0.15) is 5.10 Å². The number of aromatic carboxylic acids is 1. The van der Waals surface area contributed by atoms with E-state index in [0.29, 0.717) is 5.52 Å². The Labute approximate surface area is 129 Å². The highest BCUT2D eigenvalue weighted by atomic mass is 32.2. The number of thiophene rings is 1. The third kappa shape index (κ3) is 2.42. The molecule has 0 spiro atoms. The van der Waals surface area contributed by atoms with E-state index in [2.05, 4.69) is 14.8 Å². The molecule has 0 aromatic carbocycles. The highest BCUT2D eigenvalue weighted by Crippen LogP contribution is 2.24. The van der Waals surface area contributed by atoms with Crippen LogP contribution < -0.4 is 4.72 Å². The molecule has 0 bridgehead atoms. The molecule has 0 saturated carbocycles. The van der Waals surface area contributed by atoms with Gasteiger partial charge in [0.2, 0.25) is 0 Å². The van der Waals surface area contributed by atoms with Gasteiger partial charge in [-0.25, -0.2) is 13.2 Å². The molecule has 0 radical (unpaired) electrons. The van der Waals surface area contributed by atoms with Gasteiger partial charge in [0.25, 0.3) is 10.0 Å². The Morgan fingerprint density at radius 3 is 2.91 bits per heavy atom. The number of pyridine rings is 1. The topological polar surface area (TPSA) is 114 Å². The van der Waals surface area contributed by atoms with Crippen LogP contribution in [0.3, 0.4) is 0 Å². The van der Waals surface area contributed by atoms with Crippen molar-refractivity contribution in [2.75, 3.05) is 4.72 Å². The van der Waals surface area contributed by atoms with Gasteiger partial charge >= 0.3 is 5.97 Å². The molecular weight excluding hydrogens is 328 g/mol. The van der Waals surface area contributed by atoms with Crippen LogP contribution >= 0.6 is 11.3 Å². The largest absolute Gasteiger partial charge is 0.476 e. The molecule has 0 aliphatic rings. The summed E-state index contributed by atoms with van der Waals surface area (Å²) in [6.07, 6.45) is 2.38. The van der Waals surface area contributed by atoms with Gasteiger partial charge in [-0.3, -0.25) is 14.4 Å². The molecular formula is C12H10N4O4S2. The van der Waals surface area contributed by atoms with Crippen molar-refractivity contribution in [3.05, 3.63) is 35.6 Å². The van der Waals surface area contributed by atoms with Crippen molar-refractivity contribution in [3.63, 3.8) is 0 Å². The molecule has 0 saturated heterocycles. The number of nitrogens with one attached hydrogen (secondary N) is 1. The number of carboxylic acids is 1. The van der Waals surface area contributed by atoms with E-state index in [1.165, 1.54) is 30.6 Å². The highest BCUT2D eigenvalue weighted by Gasteiger charge is 2.22. The Balaban J connectivity index is 2.01. The Kier molecular flexibility index (Phi) is 3.34. The maximum atomic E-state index is 12.4. The van der Waals surface area contributed by atoms with Gasteiger partial charge in [0.05, 0.1) is 16.4 Å². The minimum Gasteiger partial charge on any atom is -0.476 e. The van der Waals surface area contributed by atoms with E-state index >= 15 is 0 Å². The zero-order valence-electron chi connectivity index (χ0n) is 11.2. The van der Waals surface area contributed by atoms with E-state index in [9.17, 15) is 13.2 Å². The fourth-order valence-corrected chi connectivity index (χ4v) is 3.82. The number of hydrogen-bond acceptors (Lipinski definition) is 6. The zero-order chi connectivity index (χ0) is 15.9. The Hall–Kier alpha value is -2.46. The summed E-state index contributed by atoms with van der Waals surface area (Å²) in [7, 11) is -2.53. The number of aryl methyl sites for hydroxylation is 1. The van der Waals surface area contributed by atoms with Gasteiger partial charge in [-0.1, -0.05) is 0 Å². The summed E-state index contributed by atoms with van der Waals surface area (Å²) in [4.78, 5) is 15.2. The number of hydrogen-bond donors (Lipinski definition) is 2. The van der Waals surface area contributed by atoms with Crippen molar-refractivity contribution in [2.45, 2.75) is 4.90 Å². The number of fused-ring (bicyclic) bond motifs is 1. The summed E-state index contributed by atoms with van der Waals surface area (Å²) in [5.41, 5.74) is 0.367. The van der Waals surface area contributed by atoms with Crippen molar-refractivity contribution in [1.29, 1.82) is 0 Å². The first kappa shape index (κ1) is 14.5. The van der Waals surface area contributed by atoms with E-state index in [1.807, 2.05) is 5.38 Å². The first-order chi connectivity index (χ1) is 10.4. The van der Waals surface area contributed by atoms with Crippen LogP contribution in [0.5, 0.6) is 0 Å². The molecule has 3 rings (SSSR count). The van der Waals surface area contributed by atoms with E-state index in [4.69, 9.17) is 5.11 Å². The Morgan fingerprint density at radius 2 is 2.18 bits per heavy atom. The lowest BCUT2D eigenvalue weighted by atomic mass is 10.4. The molecule has 0 aliphatic carbocycles. The number of nitrogens with zero attached hydrogens (tertiary/aromatic N) is 3. The number of carboxylic acid groups (broad SMARTS) is 1. The maximum Gasteiger partial charge on any atom is 0.356 e. The number of sulfonamides is 1. The third-order valence-electron chi connectivity index (χ3n) is 2.97. The lowest BCUT2D eigenvalue weighted by Crippen LogP contribution is -2.16. The van der Waals surface area contributed by atoms with Crippen LogP contribution in [0.1, 0.15) is 10.5 Å². The normalized spacial score (nSPS) is 11.7. The zero-order valence-corrected chi connectivity index (χ0v) is 12.8. The molecule has 0 fully saturated rings. The molecule has 2 N–H and O–H groups in total. The van der Waals surface area contributed by atoms with Crippen LogP contribution in [-0.4, -0.2) is 34.3 Å². The summed E-state index contributed by atoms with van der Waals surface area (Å²) in [5.74, 6) is -1.27.